The Balaban J connectivity index is 1.76. The van der Waals surface area contributed by atoms with Crippen LogP contribution >= 0.6 is 11.6 Å². The Bertz CT molecular complexity index is 1010. The van der Waals surface area contributed by atoms with Gasteiger partial charge in [0.1, 0.15) is 6.17 Å². The SMILES string of the molecule is [C-]#[N+]c1ccc(Cn2c(N3CC[C@@H](F)[C@H](N)C3)nc3ncc(Cl)cc32)nc1. The van der Waals surface area contributed by atoms with E-state index in [-0.39, 0.29) is 0 Å². The molecule has 0 aliphatic carbocycles. The number of nitrogens with zero attached hydrogens (tertiary/aromatic N) is 6. The number of hydrogen-bond donors (Lipinski definition) is 1. The second kappa shape index (κ2) is 7.10. The summed E-state index contributed by atoms with van der Waals surface area (Å²) in [7, 11) is 0. The van der Waals surface area contributed by atoms with Crippen LogP contribution in [-0.4, -0.2) is 44.8 Å². The summed E-state index contributed by atoms with van der Waals surface area (Å²) in [5.74, 6) is 0.665. The van der Waals surface area contributed by atoms with E-state index in [4.69, 9.17) is 23.9 Å². The molecule has 0 saturated carbocycles. The number of piperidine rings is 1. The Morgan fingerprint density at radius 1 is 1.33 bits per heavy atom. The predicted molar refractivity (Wildman–Crippen MR) is 102 cm³/mol. The number of nitrogens with two attached hydrogens (primary N) is 1. The second-order valence-electron chi connectivity index (χ2n) is 6.53. The third kappa shape index (κ3) is 3.44. The Labute approximate surface area is 160 Å². The number of rotatable bonds is 3. The highest BCUT2D eigenvalue weighted by molar-refractivity contribution is 6.31. The average Bonchev–Trinajstić information content (AvgIpc) is 3.02. The molecule has 4 rings (SSSR count). The molecule has 0 amide bonds. The minimum atomic E-state index is -1.01. The fourth-order valence-electron chi connectivity index (χ4n) is 3.24. The van der Waals surface area contributed by atoms with Crippen LogP contribution in [0.25, 0.3) is 16.0 Å². The van der Waals surface area contributed by atoms with Crippen LogP contribution < -0.4 is 10.6 Å². The lowest BCUT2D eigenvalue weighted by Gasteiger charge is -2.34. The first kappa shape index (κ1) is 17.6. The smallest absolute Gasteiger partial charge is 0.208 e. The van der Waals surface area contributed by atoms with E-state index < -0.39 is 12.2 Å². The minimum absolute atomic E-state index is 0.358. The van der Waals surface area contributed by atoms with Gasteiger partial charge in [0.05, 0.1) is 35.4 Å². The molecule has 0 spiro atoms. The van der Waals surface area contributed by atoms with Crippen LogP contribution in [-0.2, 0) is 6.54 Å². The molecular formula is C18H17ClFN7. The maximum absolute atomic E-state index is 13.8. The van der Waals surface area contributed by atoms with Crippen LogP contribution in [0.2, 0.25) is 5.02 Å². The lowest BCUT2D eigenvalue weighted by atomic mass is 10.1. The highest BCUT2D eigenvalue weighted by Gasteiger charge is 2.29. The van der Waals surface area contributed by atoms with Gasteiger partial charge in [0, 0.05) is 25.5 Å². The lowest BCUT2D eigenvalue weighted by Crippen LogP contribution is -2.50. The Morgan fingerprint density at radius 3 is 2.89 bits per heavy atom. The fourth-order valence-corrected chi connectivity index (χ4v) is 3.39. The molecule has 1 saturated heterocycles. The molecule has 9 heteroatoms. The molecule has 1 aliphatic heterocycles. The van der Waals surface area contributed by atoms with Crippen LogP contribution in [0.1, 0.15) is 12.1 Å². The highest BCUT2D eigenvalue weighted by Crippen LogP contribution is 2.27. The number of halogens is 2. The van der Waals surface area contributed by atoms with Gasteiger partial charge < -0.3 is 15.2 Å². The molecule has 1 fully saturated rings. The molecule has 3 aromatic heterocycles. The van der Waals surface area contributed by atoms with Crippen molar-refractivity contribution < 1.29 is 4.39 Å². The third-order valence-corrected chi connectivity index (χ3v) is 4.87. The second-order valence-corrected chi connectivity index (χ2v) is 6.96. The van der Waals surface area contributed by atoms with Crippen LogP contribution in [0.4, 0.5) is 16.0 Å². The first-order valence-electron chi connectivity index (χ1n) is 8.54. The van der Waals surface area contributed by atoms with Gasteiger partial charge in [-0.3, -0.25) is 4.98 Å². The summed E-state index contributed by atoms with van der Waals surface area (Å²) in [4.78, 5) is 18.6. The van der Waals surface area contributed by atoms with E-state index in [9.17, 15) is 4.39 Å². The van der Waals surface area contributed by atoms with Gasteiger partial charge in [-0.15, -0.1) is 0 Å². The Morgan fingerprint density at radius 2 is 2.19 bits per heavy atom. The van der Waals surface area contributed by atoms with E-state index in [1.54, 1.807) is 24.4 Å². The summed E-state index contributed by atoms with van der Waals surface area (Å²) >= 11 is 6.13. The molecule has 4 heterocycles. The van der Waals surface area contributed by atoms with Gasteiger partial charge in [0.2, 0.25) is 11.6 Å². The molecule has 0 radical (unpaired) electrons. The summed E-state index contributed by atoms with van der Waals surface area (Å²) in [6, 6.07) is 4.78. The van der Waals surface area contributed by atoms with Crippen molar-refractivity contribution in [1.29, 1.82) is 0 Å². The van der Waals surface area contributed by atoms with Crippen molar-refractivity contribution >= 4 is 34.4 Å². The fraction of sp³-hybridized carbons (Fsp3) is 0.333. The first-order chi connectivity index (χ1) is 13.0. The van der Waals surface area contributed by atoms with E-state index in [2.05, 4.69) is 19.8 Å². The van der Waals surface area contributed by atoms with E-state index in [0.717, 1.165) is 11.2 Å². The van der Waals surface area contributed by atoms with E-state index in [0.29, 0.717) is 48.4 Å². The number of imidazole rings is 1. The first-order valence-corrected chi connectivity index (χ1v) is 8.91. The van der Waals surface area contributed by atoms with Crippen LogP contribution in [0.15, 0.2) is 30.6 Å². The van der Waals surface area contributed by atoms with Gasteiger partial charge in [0.25, 0.3) is 0 Å². The molecule has 2 N–H and O–H groups in total. The van der Waals surface area contributed by atoms with Crippen molar-refractivity contribution in [3.05, 3.63) is 52.7 Å². The molecule has 7 nitrogen and oxygen atoms in total. The molecule has 3 aromatic rings. The Kier molecular flexibility index (Phi) is 4.64. The molecule has 0 aromatic carbocycles. The number of aromatic nitrogens is 4. The van der Waals surface area contributed by atoms with Crippen molar-refractivity contribution in [1.82, 2.24) is 19.5 Å². The zero-order valence-corrected chi connectivity index (χ0v) is 15.1. The van der Waals surface area contributed by atoms with Crippen molar-refractivity contribution in [3.63, 3.8) is 0 Å². The molecule has 138 valence electrons. The molecule has 0 bridgehead atoms. The van der Waals surface area contributed by atoms with E-state index in [1.807, 2.05) is 9.47 Å². The molecular weight excluding hydrogens is 369 g/mol. The summed E-state index contributed by atoms with van der Waals surface area (Å²) in [5.41, 5.74) is 8.51. The van der Waals surface area contributed by atoms with Gasteiger partial charge in [-0.05, 0) is 18.6 Å². The van der Waals surface area contributed by atoms with Gasteiger partial charge in [-0.25, -0.2) is 14.2 Å². The standard InChI is InChI=1S/C18H17ClFN7/c1-22-12-2-3-13(23-8-12)9-27-16-6-11(19)7-24-17(16)25-18(27)26-5-4-14(20)15(21)10-26/h2-3,6-8,14-15H,4-5,9-10,21H2/t14-,15-/m1/s1. The number of pyridine rings is 2. The van der Waals surface area contributed by atoms with Gasteiger partial charge in [-0.1, -0.05) is 17.7 Å². The van der Waals surface area contributed by atoms with E-state index >= 15 is 0 Å². The van der Waals surface area contributed by atoms with E-state index in [1.165, 1.54) is 6.20 Å². The predicted octanol–water partition coefficient (Wildman–Crippen LogP) is 2.95. The number of fused-ring (bicyclic) bond motifs is 1. The zero-order valence-electron chi connectivity index (χ0n) is 14.4. The minimum Gasteiger partial charge on any atom is -0.340 e. The largest absolute Gasteiger partial charge is 0.340 e. The summed E-state index contributed by atoms with van der Waals surface area (Å²) < 4.78 is 15.8. The van der Waals surface area contributed by atoms with Gasteiger partial charge in [-0.2, -0.15) is 4.98 Å². The van der Waals surface area contributed by atoms with Crippen LogP contribution in [0, 0.1) is 6.57 Å². The van der Waals surface area contributed by atoms with Gasteiger partial charge >= 0.3 is 0 Å². The third-order valence-electron chi connectivity index (χ3n) is 4.66. The summed E-state index contributed by atoms with van der Waals surface area (Å²) in [6.45, 7) is 8.37. The van der Waals surface area contributed by atoms with Gasteiger partial charge in [0.15, 0.2) is 5.65 Å². The average molecular weight is 386 g/mol. The lowest BCUT2D eigenvalue weighted by molar-refractivity contribution is 0.243. The topological polar surface area (TPSA) is 77.2 Å². The number of alkyl halides is 1. The molecule has 2 atom stereocenters. The van der Waals surface area contributed by atoms with Crippen molar-refractivity contribution in [2.75, 3.05) is 18.0 Å². The van der Waals surface area contributed by atoms with Crippen LogP contribution in [0.3, 0.4) is 0 Å². The number of anilines is 1. The molecule has 0 unspecified atom stereocenters. The van der Waals surface area contributed by atoms with Crippen molar-refractivity contribution in [2.24, 2.45) is 5.73 Å². The highest BCUT2D eigenvalue weighted by atomic mass is 35.5. The summed E-state index contributed by atoms with van der Waals surface area (Å²) in [6.07, 6.45) is 2.44. The maximum atomic E-state index is 13.8. The van der Waals surface area contributed by atoms with Crippen molar-refractivity contribution in [3.8, 4) is 0 Å². The molecule has 1 aliphatic rings. The maximum Gasteiger partial charge on any atom is 0.208 e. The summed E-state index contributed by atoms with van der Waals surface area (Å²) in [5, 5.41) is 0.505. The molecule has 27 heavy (non-hydrogen) atoms. The van der Waals surface area contributed by atoms with Crippen LogP contribution in [0.5, 0.6) is 0 Å². The van der Waals surface area contributed by atoms with Crippen molar-refractivity contribution in [2.45, 2.75) is 25.2 Å². The monoisotopic (exact) mass is 385 g/mol. The quantitative estimate of drug-likeness (QED) is 0.701. The Hall–Kier alpha value is -2.76. The number of hydrogen-bond acceptors (Lipinski definition) is 5. The normalized spacial score (nSPS) is 20.0. The zero-order chi connectivity index (χ0) is 19.0.